The molecule has 1 amide bonds. The SMILES string of the molecule is Cc1ccn2c(=O)c(C(=O)NC3(CN)CCCC3)cnc2c1. The van der Waals surface area contributed by atoms with Crippen LogP contribution in [-0.2, 0) is 0 Å². The zero-order valence-corrected chi connectivity index (χ0v) is 12.6. The summed E-state index contributed by atoms with van der Waals surface area (Å²) in [4.78, 5) is 29.2. The molecule has 0 saturated heterocycles. The third-order valence-corrected chi connectivity index (χ3v) is 4.44. The van der Waals surface area contributed by atoms with Gasteiger partial charge >= 0.3 is 0 Å². The monoisotopic (exact) mass is 300 g/mol. The molecule has 0 radical (unpaired) electrons. The van der Waals surface area contributed by atoms with E-state index in [-0.39, 0.29) is 22.6 Å². The Hall–Kier alpha value is -2.21. The predicted molar refractivity (Wildman–Crippen MR) is 83.9 cm³/mol. The van der Waals surface area contributed by atoms with Crippen LogP contribution in [-0.4, -0.2) is 27.4 Å². The van der Waals surface area contributed by atoms with Gasteiger partial charge in [0.05, 0.1) is 5.54 Å². The van der Waals surface area contributed by atoms with Crippen LogP contribution < -0.4 is 16.6 Å². The third kappa shape index (κ3) is 2.50. The molecule has 2 aromatic heterocycles. The van der Waals surface area contributed by atoms with Gasteiger partial charge in [0.2, 0.25) is 0 Å². The van der Waals surface area contributed by atoms with Crippen molar-refractivity contribution in [2.75, 3.05) is 6.54 Å². The zero-order valence-electron chi connectivity index (χ0n) is 12.6. The van der Waals surface area contributed by atoms with E-state index in [0.29, 0.717) is 12.2 Å². The fourth-order valence-corrected chi connectivity index (χ4v) is 3.07. The van der Waals surface area contributed by atoms with Gasteiger partial charge in [-0.15, -0.1) is 0 Å². The van der Waals surface area contributed by atoms with Gasteiger partial charge in [0.15, 0.2) is 0 Å². The minimum atomic E-state index is -0.389. The quantitative estimate of drug-likeness (QED) is 0.885. The summed E-state index contributed by atoms with van der Waals surface area (Å²) in [6.45, 7) is 2.32. The number of fused-ring (bicyclic) bond motifs is 1. The lowest BCUT2D eigenvalue weighted by Gasteiger charge is -2.28. The van der Waals surface area contributed by atoms with E-state index in [2.05, 4.69) is 10.3 Å². The van der Waals surface area contributed by atoms with Crippen molar-refractivity contribution in [2.45, 2.75) is 38.1 Å². The number of hydrogen-bond acceptors (Lipinski definition) is 4. The highest BCUT2D eigenvalue weighted by molar-refractivity contribution is 5.94. The number of pyridine rings is 1. The van der Waals surface area contributed by atoms with Crippen LogP contribution in [0.15, 0.2) is 29.3 Å². The number of nitrogens with one attached hydrogen (secondary N) is 1. The van der Waals surface area contributed by atoms with Crippen LogP contribution in [0.25, 0.3) is 5.65 Å². The molecule has 3 rings (SSSR count). The average Bonchev–Trinajstić information content (AvgIpc) is 2.96. The summed E-state index contributed by atoms with van der Waals surface area (Å²) in [5.74, 6) is -0.389. The Morgan fingerprint density at radius 2 is 2.18 bits per heavy atom. The molecule has 1 fully saturated rings. The average molecular weight is 300 g/mol. The van der Waals surface area contributed by atoms with Crippen molar-refractivity contribution in [3.8, 4) is 0 Å². The van der Waals surface area contributed by atoms with Crippen LogP contribution in [0.1, 0.15) is 41.6 Å². The Bertz CT molecular complexity index is 775. The number of hydrogen-bond donors (Lipinski definition) is 2. The van der Waals surface area contributed by atoms with Gasteiger partial charge in [-0.1, -0.05) is 12.8 Å². The molecule has 3 N–H and O–H groups in total. The number of carbonyl (C=O) groups excluding carboxylic acids is 1. The van der Waals surface area contributed by atoms with Gasteiger partial charge in [0.25, 0.3) is 11.5 Å². The Morgan fingerprint density at radius 1 is 1.45 bits per heavy atom. The van der Waals surface area contributed by atoms with Gasteiger partial charge in [-0.05, 0) is 37.5 Å². The number of rotatable bonds is 3. The van der Waals surface area contributed by atoms with Gasteiger partial charge < -0.3 is 11.1 Å². The Balaban J connectivity index is 1.96. The van der Waals surface area contributed by atoms with Crippen LogP contribution in [0.5, 0.6) is 0 Å². The van der Waals surface area contributed by atoms with Gasteiger partial charge in [-0.3, -0.25) is 14.0 Å². The fourth-order valence-electron chi connectivity index (χ4n) is 3.07. The maximum atomic E-state index is 12.5. The second-order valence-corrected chi connectivity index (χ2v) is 6.06. The zero-order chi connectivity index (χ0) is 15.7. The highest BCUT2D eigenvalue weighted by Crippen LogP contribution is 2.28. The first-order valence-corrected chi connectivity index (χ1v) is 7.55. The van der Waals surface area contributed by atoms with Crippen molar-refractivity contribution in [3.63, 3.8) is 0 Å². The number of aromatic nitrogens is 2. The minimum absolute atomic E-state index is 0.0566. The topological polar surface area (TPSA) is 89.5 Å². The smallest absolute Gasteiger partial charge is 0.270 e. The van der Waals surface area contributed by atoms with Crippen molar-refractivity contribution < 1.29 is 4.79 Å². The van der Waals surface area contributed by atoms with E-state index in [1.807, 2.05) is 13.0 Å². The largest absolute Gasteiger partial charge is 0.345 e. The van der Waals surface area contributed by atoms with Crippen molar-refractivity contribution in [2.24, 2.45) is 5.73 Å². The van der Waals surface area contributed by atoms with E-state index >= 15 is 0 Å². The molecule has 0 aromatic carbocycles. The molecule has 0 bridgehead atoms. The highest BCUT2D eigenvalue weighted by Gasteiger charge is 2.34. The van der Waals surface area contributed by atoms with Gasteiger partial charge in [0, 0.05) is 18.9 Å². The molecule has 116 valence electrons. The second-order valence-electron chi connectivity index (χ2n) is 6.06. The van der Waals surface area contributed by atoms with E-state index < -0.39 is 0 Å². The van der Waals surface area contributed by atoms with Crippen LogP contribution in [0.2, 0.25) is 0 Å². The summed E-state index contributed by atoms with van der Waals surface area (Å²) in [6.07, 6.45) is 6.81. The van der Waals surface area contributed by atoms with E-state index in [0.717, 1.165) is 31.2 Å². The molecule has 0 spiro atoms. The molecule has 0 atom stereocenters. The van der Waals surface area contributed by atoms with Crippen LogP contribution in [0, 0.1) is 6.92 Å². The normalized spacial score (nSPS) is 16.8. The lowest BCUT2D eigenvalue weighted by molar-refractivity contribution is 0.0901. The first kappa shape index (κ1) is 14.7. The molecule has 2 aromatic rings. The predicted octanol–water partition coefficient (Wildman–Crippen LogP) is 1.00. The molecular weight excluding hydrogens is 280 g/mol. The molecule has 22 heavy (non-hydrogen) atoms. The summed E-state index contributed by atoms with van der Waals surface area (Å²) < 4.78 is 1.39. The lowest BCUT2D eigenvalue weighted by Crippen LogP contribution is -2.52. The maximum Gasteiger partial charge on any atom is 0.270 e. The number of aryl methyl sites for hydroxylation is 1. The minimum Gasteiger partial charge on any atom is -0.345 e. The Kier molecular flexibility index (Phi) is 3.70. The first-order chi connectivity index (χ1) is 10.5. The van der Waals surface area contributed by atoms with E-state index in [1.165, 1.54) is 10.6 Å². The van der Waals surface area contributed by atoms with Gasteiger partial charge in [0.1, 0.15) is 11.2 Å². The first-order valence-electron chi connectivity index (χ1n) is 7.55. The fraction of sp³-hybridized carbons (Fsp3) is 0.438. The van der Waals surface area contributed by atoms with Crippen molar-refractivity contribution in [3.05, 3.63) is 46.0 Å². The summed E-state index contributed by atoms with van der Waals surface area (Å²) in [5, 5.41) is 2.96. The number of nitrogens with two attached hydrogens (primary N) is 1. The Morgan fingerprint density at radius 3 is 2.86 bits per heavy atom. The number of carbonyl (C=O) groups is 1. The molecule has 0 aliphatic heterocycles. The molecule has 6 heteroatoms. The molecule has 0 unspecified atom stereocenters. The molecular formula is C16H20N4O2. The van der Waals surface area contributed by atoms with E-state index in [1.54, 1.807) is 12.3 Å². The molecule has 2 heterocycles. The molecule has 1 aliphatic carbocycles. The van der Waals surface area contributed by atoms with Crippen molar-refractivity contribution in [1.29, 1.82) is 0 Å². The number of amides is 1. The summed E-state index contributed by atoms with van der Waals surface area (Å²) >= 11 is 0. The van der Waals surface area contributed by atoms with Crippen LogP contribution in [0.4, 0.5) is 0 Å². The molecule has 1 saturated carbocycles. The van der Waals surface area contributed by atoms with Gasteiger partial charge in [-0.2, -0.15) is 0 Å². The maximum absolute atomic E-state index is 12.5. The van der Waals surface area contributed by atoms with Gasteiger partial charge in [-0.25, -0.2) is 4.98 Å². The lowest BCUT2D eigenvalue weighted by atomic mass is 9.97. The Labute approximate surface area is 128 Å². The summed E-state index contributed by atoms with van der Waals surface area (Å²) in [6, 6.07) is 3.62. The molecule has 6 nitrogen and oxygen atoms in total. The van der Waals surface area contributed by atoms with Crippen molar-refractivity contribution >= 4 is 11.6 Å². The summed E-state index contributed by atoms with van der Waals surface area (Å²) in [5.41, 5.74) is 6.70. The van der Waals surface area contributed by atoms with E-state index in [4.69, 9.17) is 5.73 Å². The number of nitrogens with zero attached hydrogens (tertiary/aromatic N) is 2. The second kappa shape index (κ2) is 5.53. The van der Waals surface area contributed by atoms with E-state index in [9.17, 15) is 9.59 Å². The standard InChI is InChI=1S/C16H20N4O2/c1-11-4-7-20-13(8-11)18-9-12(15(20)22)14(21)19-16(10-17)5-2-3-6-16/h4,7-9H,2-3,5-6,10,17H2,1H3,(H,19,21). The molecule has 1 aliphatic rings. The third-order valence-electron chi connectivity index (χ3n) is 4.44. The van der Waals surface area contributed by atoms with Crippen LogP contribution >= 0.6 is 0 Å². The van der Waals surface area contributed by atoms with Crippen molar-refractivity contribution in [1.82, 2.24) is 14.7 Å². The summed E-state index contributed by atoms with van der Waals surface area (Å²) in [7, 11) is 0. The highest BCUT2D eigenvalue weighted by atomic mass is 16.2. The van der Waals surface area contributed by atoms with Crippen LogP contribution in [0.3, 0.4) is 0 Å².